The molecule has 1 aromatic carbocycles. The fourth-order valence-corrected chi connectivity index (χ4v) is 7.58. The van der Waals surface area contributed by atoms with E-state index in [1.165, 1.54) is 0 Å². The van der Waals surface area contributed by atoms with Gasteiger partial charge in [-0.25, -0.2) is 4.79 Å². The molecule has 0 aromatic heterocycles. The summed E-state index contributed by atoms with van der Waals surface area (Å²) < 4.78 is 13.4. The first-order valence-corrected chi connectivity index (χ1v) is 16.0. The predicted octanol–water partition coefficient (Wildman–Crippen LogP) is 5.84. The molecular formula is C34H54O8. The number of aliphatic hydroxyl groups excluding tert-OH is 2. The maximum absolute atomic E-state index is 13.9. The molecule has 2 aliphatic heterocycles. The smallest absolute Gasteiger partial charge is 0.339 e. The Morgan fingerprint density at radius 3 is 2.26 bits per heavy atom. The lowest BCUT2D eigenvalue weighted by atomic mass is 9.77. The Bertz CT molecular complexity index is 1100. The Morgan fingerprint density at radius 1 is 1.07 bits per heavy atom. The number of hydrogen-bond acceptors (Lipinski definition) is 7. The van der Waals surface area contributed by atoms with E-state index in [0.717, 1.165) is 32.1 Å². The van der Waals surface area contributed by atoms with Gasteiger partial charge in [0.2, 0.25) is 0 Å². The molecule has 4 N–H and O–H groups in total. The van der Waals surface area contributed by atoms with E-state index in [4.69, 9.17) is 9.47 Å². The zero-order valence-electron chi connectivity index (χ0n) is 26.9. The number of carboxylic acids is 1. The standard InChI is InChI=1S/C34H54O8/c1-9-25(31-21(6)18-34(11-3,42-31)26-16-17-33(10-2,41-26)23(8)35)30(38)22(7)28(36)19(4)12-14-24-15-13-20(5)29(37)27(24)32(39)40/h13,15,19,21-23,25-26,28,31,35-37H,9-12,14,16-18H2,1-8H3,(H,39,40)/t19-,21+,22+,23-,25+,26?,28+,31?,33+,34+/m1/s1. The highest BCUT2D eigenvalue weighted by Crippen LogP contribution is 2.50. The number of aliphatic hydroxyl groups is 2. The second kappa shape index (κ2) is 13.7. The largest absolute Gasteiger partial charge is 0.507 e. The van der Waals surface area contributed by atoms with Gasteiger partial charge in [-0.05, 0) is 88.2 Å². The van der Waals surface area contributed by atoms with Crippen molar-refractivity contribution in [3.63, 3.8) is 0 Å². The Hall–Kier alpha value is -2.00. The quantitative estimate of drug-likeness (QED) is 0.212. The number of rotatable bonds is 14. The van der Waals surface area contributed by atoms with Gasteiger partial charge in [0.25, 0.3) is 0 Å². The van der Waals surface area contributed by atoms with Gasteiger partial charge >= 0.3 is 5.97 Å². The number of benzene rings is 1. The monoisotopic (exact) mass is 590 g/mol. The SMILES string of the molecule is CC[C@@H](C(=O)[C@@H](C)[C@@H](O)[C@H](C)CCc1ccc(C)c(O)c1C(=O)O)C1O[C@](CC)(C2CC[C@@](CC)([C@@H](C)O)O2)C[C@@H]1C. The lowest BCUT2D eigenvalue weighted by Gasteiger charge is -2.38. The van der Waals surface area contributed by atoms with E-state index in [1.54, 1.807) is 32.9 Å². The van der Waals surface area contributed by atoms with Crippen LogP contribution in [0.4, 0.5) is 0 Å². The Balaban J connectivity index is 1.70. The number of hydrogen-bond donors (Lipinski definition) is 4. The lowest BCUT2D eigenvalue weighted by Crippen LogP contribution is -2.47. The Morgan fingerprint density at radius 2 is 1.74 bits per heavy atom. The topological polar surface area (TPSA) is 134 Å². The Kier molecular flexibility index (Phi) is 11.3. The van der Waals surface area contributed by atoms with Crippen molar-refractivity contribution in [2.45, 2.75) is 142 Å². The predicted molar refractivity (Wildman–Crippen MR) is 162 cm³/mol. The van der Waals surface area contributed by atoms with Gasteiger partial charge in [0, 0.05) is 11.8 Å². The van der Waals surface area contributed by atoms with E-state index in [0.29, 0.717) is 30.4 Å². The van der Waals surface area contributed by atoms with Crippen LogP contribution in [0, 0.1) is 30.6 Å². The highest BCUT2D eigenvalue weighted by atomic mass is 16.6. The van der Waals surface area contributed by atoms with E-state index in [9.17, 15) is 30.0 Å². The van der Waals surface area contributed by atoms with Crippen LogP contribution in [0.25, 0.3) is 0 Å². The molecule has 0 radical (unpaired) electrons. The van der Waals surface area contributed by atoms with Crippen molar-refractivity contribution in [2.24, 2.45) is 23.7 Å². The van der Waals surface area contributed by atoms with E-state index >= 15 is 0 Å². The van der Waals surface area contributed by atoms with Crippen molar-refractivity contribution in [2.75, 3.05) is 0 Å². The summed E-state index contributed by atoms with van der Waals surface area (Å²) in [7, 11) is 0. The van der Waals surface area contributed by atoms with E-state index in [2.05, 4.69) is 13.8 Å². The summed E-state index contributed by atoms with van der Waals surface area (Å²) in [5.74, 6) is -2.55. The van der Waals surface area contributed by atoms with E-state index in [1.807, 2.05) is 20.8 Å². The molecule has 0 amide bonds. The maximum Gasteiger partial charge on any atom is 0.339 e. The van der Waals surface area contributed by atoms with Crippen molar-refractivity contribution in [3.05, 3.63) is 28.8 Å². The summed E-state index contributed by atoms with van der Waals surface area (Å²) in [5.41, 5.74) is -0.170. The summed E-state index contributed by atoms with van der Waals surface area (Å²) in [4.78, 5) is 25.7. The van der Waals surface area contributed by atoms with Crippen molar-refractivity contribution in [1.29, 1.82) is 0 Å². The molecule has 8 nitrogen and oxygen atoms in total. The molecule has 0 aliphatic carbocycles. The highest BCUT2D eigenvalue weighted by Gasteiger charge is 2.57. The van der Waals surface area contributed by atoms with Crippen molar-refractivity contribution in [1.82, 2.24) is 0 Å². The molecular weight excluding hydrogens is 536 g/mol. The molecule has 3 rings (SSSR count). The molecule has 2 unspecified atom stereocenters. The van der Waals surface area contributed by atoms with Crippen LogP contribution in [0.3, 0.4) is 0 Å². The second-order valence-electron chi connectivity index (χ2n) is 13.2. The molecule has 42 heavy (non-hydrogen) atoms. The number of aromatic carboxylic acids is 1. The van der Waals surface area contributed by atoms with Crippen LogP contribution in [0.15, 0.2) is 12.1 Å². The molecule has 8 heteroatoms. The van der Waals surface area contributed by atoms with Crippen LogP contribution in [0.5, 0.6) is 5.75 Å². The van der Waals surface area contributed by atoms with Crippen LogP contribution in [0.1, 0.15) is 115 Å². The number of Topliss-reactive ketones (excluding diaryl/α,β-unsaturated/α-hetero) is 1. The van der Waals surface area contributed by atoms with Gasteiger partial charge in [-0.1, -0.05) is 53.7 Å². The van der Waals surface area contributed by atoms with Crippen LogP contribution in [0.2, 0.25) is 0 Å². The normalized spacial score (nSPS) is 31.4. The fraction of sp³-hybridized carbons (Fsp3) is 0.765. The molecule has 238 valence electrons. The van der Waals surface area contributed by atoms with Gasteiger partial charge in [-0.2, -0.15) is 0 Å². The van der Waals surface area contributed by atoms with Gasteiger partial charge < -0.3 is 29.9 Å². The minimum atomic E-state index is -1.18. The number of ether oxygens (including phenoxy) is 2. The average Bonchev–Trinajstić information content (AvgIpc) is 3.56. The van der Waals surface area contributed by atoms with Crippen LogP contribution >= 0.6 is 0 Å². The first kappa shape index (κ1) is 34.5. The molecule has 0 bridgehead atoms. The number of carbonyl (C=O) groups excluding carboxylic acids is 1. The number of phenols is 1. The molecule has 10 atom stereocenters. The van der Waals surface area contributed by atoms with Gasteiger partial charge in [-0.3, -0.25) is 4.79 Å². The molecule has 2 saturated heterocycles. The zero-order chi connectivity index (χ0) is 31.6. The third-order valence-electron chi connectivity index (χ3n) is 10.6. The molecule has 2 heterocycles. The lowest BCUT2D eigenvalue weighted by molar-refractivity contribution is -0.188. The van der Waals surface area contributed by atoms with Crippen molar-refractivity contribution >= 4 is 11.8 Å². The van der Waals surface area contributed by atoms with Crippen LogP contribution in [-0.2, 0) is 20.7 Å². The van der Waals surface area contributed by atoms with Gasteiger partial charge in [0.15, 0.2) is 0 Å². The number of carboxylic acid groups (broad SMARTS) is 1. The molecule has 2 aliphatic rings. The van der Waals surface area contributed by atoms with Crippen molar-refractivity contribution in [3.8, 4) is 5.75 Å². The van der Waals surface area contributed by atoms with E-state index in [-0.39, 0.29) is 47.1 Å². The van der Waals surface area contributed by atoms with E-state index < -0.39 is 35.3 Å². The summed E-state index contributed by atoms with van der Waals surface area (Å²) in [6, 6.07) is 3.40. The second-order valence-corrected chi connectivity index (χ2v) is 13.2. The van der Waals surface area contributed by atoms with Gasteiger partial charge in [0.1, 0.15) is 17.1 Å². The minimum Gasteiger partial charge on any atom is -0.507 e. The van der Waals surface area contributed by atoms with Crippen LogP contribution < -0.4 is 0 Å². The van der Waals surface area contributed by atoms with Gasteiger partial charge in [0.05, 0.1) is 35.6 Å². The summed E-state index contributed by atoms with van der Waals surface area (Å²) in [6.07, 6.45) is 3.39. The first-order chi connectivity index (χ1) is 19.7. The molecule has 0 saturated carbocycles. The fourth-order valence-electron chi connectivity index (χ4n) is 7.58. The minimum absolute atomic E-state index is 0.0148. The number of carbonyl (C=O) groups is 2. The molecule has 1 aromatic rings. The average molecular weight is 591 g/mol. The van der Waals surface area contributed by atoms with Crippen LogP contribution in [-0.4, -0.2) is 67.8 Å². The zero-order valence-corrected chi connectivity index (χ0v) is 26.9. The number of aromatic hydroxyl groups is 1. The molecule has 2 fully saturated rings. The Labute approximate surface area is 251 Å². The van der Waals surface area contributed by atoms with Crippen molar-refractivity contribution < 1.29 is 39.5 Å². The maximum atomic E-state index is 13.9. The summed E-state index contributed by atoms with van der Waals surface area (Å²) in [6.45, 7) is 15.4. The van der Waals surface area contributed by atoms with Gasteiger partial charge in [-0.15, -0.1) is 0 Å². The summed E-state index contributed by atoms with van der Waals surface area (Å²) >= 11 is 0. The molecule has 0 spiro atoms. The third-order valence-corrected chi connectivity index (χ3v) is 10.6. The highest BCUT2D eigenvalue weighted by molar-refractivity contribution is 5.93. The number of aryl methyl sites for hydroxylation is 2. The third kappa shape index (κ3) is 6.57. The summed E-state index contributed by atoms with van der Waals surface area (Å²) in [5, 5.41) is 41.6. The number of ketones is 1. The first-order valence-electron chi connectivity index (χ1n) is 16.0.